The van der Waals surface area contributed by atoms with Gasteiger partial charge in [-0.3, -0.25) is 4.98 Å². The molecule has 0 saturated heterocycles. The van der Waals surface area contributed by atoms with E-state index in [1.165, 1.54) is 5.56 Å². The van der Waals surface area contributed by atoms with Crippen molar-refractivity contribution < 1.29 is 4.74 Å². The molecule has 0 fully saturated rings. The van der Waals surface area contributed by atoms with E-state index in [0.717, 1.165) is 21.3 Å². The van der Waals surface area contributed by atoms with Gasteiger partial charge in [0.25, 0.3) is 0 Å². The van der Waals surface area contributed by atoms with Crippen LogP contribution < -0.4 is 10.1 Å². The van der Waals surface area contributed by atoms with Crippen LogP contribution >= 0.6 is 15.9 Å². The van der Waals surface area contributed by atoms with E-state index in [0.29, 0.717) is 12.6 Å². The Kier molecular flexibility index (Phi) is 5.15. The molecule has 1 atom stereocenters. The standard InChI is InChI=1S/C16H19BrN2O/c1-11-6-14(12(2)18-3)4-5-16(11)20-10-13-7-15(17)9-19-8-13/h4-9,12,18H,10H2,1-3H3. The van der Waals surface area contributed by atoms with Crippen LogP contribution in [0.15, 0.2) is 41.1 Å². The highest BCUT2D eigenvalue weighted by atomic mass is 79.9. The molecule has 1 aromatic heterocycles. The third-order valence-electron chi connectivity index (χ3n) is 3.29. The number of hydrogen-bond donors (Lipinski definition) is 1. The molecule has 0 aliphatic heterocycles. The van der Waals surface area contributed by atoms with E-state index in [9.17, 15) is 0 Å². The largest absolute Gasteiger partial charge is 0.489 e. The molecule has 106 valence electrons. The second kappa shape index (κ2) is 6.86. The Labute approximate surface area is 128 Å². The average molecular weight is 335 g/mol. The molecule has 0 bridgehead atoms. The number of aromatic nitrogens is 1. The van der Waals surface area contributed by atoms with Crippen LogP contribution in [0.4, 0.5) is 0 Å². The number of hydrogen-bond acceptors (Lipinski definition) is 3. The minimum absolute atomic E-state index is 0.344. The Morgan fingerprint density at radius 3 is 2.75 bits per heavy atom. The van der Waals surface area contributed by atoms with Crippen molar-refractivity contribution in [1.82, 2.24) is 10.3 Å². The molecule has 3 nitrogen and oxygen atoms in total. The van der Waals surface area contributed by atoms with E-state index in [1.807, 2.05) is 25.4 Å². The van der Waals surface area contributed by atoms with E-state index in [-0.39, 0.29) is 0 Å². The normalized spacial score (nSPS) is 12.2. The predicted molar refractivity (Wildman–Crippen MR) is 84.9 cm³/mol. The first-order chi connectivity index (χ1) is 9.60. The van der Waals surface area contributed by atoms with Crippen molar-refractivity contribution in [2.45, 2.75) is 26.5 Å². The van der Waals surface area contributed by atoms with Crippen molar-refractivity contribution in [3.05, 3.63) is 57.8 Å². The number of rotatable bonds is 5. The van der Waals surface area contributed by atoms with E-state index in [4.69, 9.17) is 4.74 Å². The Bertz CT molecular complexity index is 586. The molecule has 0 saturated carbocycles. The molecule has 1 heterocycles. The van der Waals surface area contributed by atoms with Crippen LogP contribution in [0.5, 0.6) is 5.75 Å². The summed E-state index contributed by atoms with van der Waals surface area (Å²) in [4.78, 5) is 4.13. The average Bonchev–Trinajstić information content (AvgIpc) is 2.45. The molecule has 0 amide bonds. The molecule has 1 N–H and O–H groups in total. The fourth-order valence-electron chi connectivity index (χ4n) is 1.97. The third kappa shape index (κ3) is 3.81. The fourth-order valence-corrected chi connectivity index (χ4v) is 2.38. The summed E-state index contributed by atoms with van der Waals surface area (Å²) in [5, 5.41) is 3.24. The number of ether oxygens (including phenoxy) is 1. The first-order valence-corrected chi connectivity index (χ1v) is 7.39. The molecule has 2 rings (SSSR count). The lowest BCUT2D eigenvalue weighted by Crippen LogP contribution is -2.12. The van der Waals surface area contributed by atoms with E-state index < -0.39 is 0 Å². The molecule has 1 unspecified atom stereocenters. The second-order valence-electron chi connectivity index (χ2n) is 4.84. The van der Waals surface area contributed by atoms with Gasteiger partial charge in [0.15, 0.2) is 0 Å². The number of nitrogens with one attached hydrogen (secondary N) is 1. The molecule has 2 aromatic rings. The van der Waals surface area contributed by atoms with Gasteiger partial charge < -0.3 is 10.1 Å². The van der Waals surface area contributed by atoms with Crippen LogP contribution in [0.25, 0.3) is 0 Å². The van der Waals surface area contributed by atoms with Crippen LogP contribution in [0.3, 0.4) is 0 Å². The summed E-state index contributed by atoms with van der Waals surface area (Å²) < 4.78 is 6.83. The van der Waals surface area contributed by atoms with Gasteiger partial charge in [-0.1, -0.05) is 12.1 Å². The zero-order chi connectivity index (χ0) is 14.5. The maximum atomic E-state index is 5.86. The number of pyridine rings is 1. The zero-order valence-corrected chi connectivity index (χ0v) is 13.6. The van der Waals surface area contributed by atoms with Crippen molar-refractivity contribution in [3.63, 3.8) is 0 Å². The Balaban J connectivity index is 2.07. The smallest absolute Gasteiger partial charge is 0.122 e. The molecule has 0 aliphatic carbocycles. The van der Waals surface area contributed by atoms with Gasteiger partial charge in [0.1, 0.15) is 12.4 Å². The maximum Gasteiger partial charge on any atom is 0.122 e. The lowest BCUT2D eigenvalue weighted by Gasteiger charge is -2.14. The predicted octanol–water partition coefficient (Wildman–Crippen LogP) is 4.01. The monoisotopic (exact) mass is 334 g/mol. The SMILES string of the molecule is CNC(C)c1ccc(OCc2cncc(Br)c2)c(C)c1. The fraction of sp³-hybridized carbons (Fsp3) is 0.312. The number of benzene rings is 1. The van der Waals surface area contributed by atoms with Crippen molar-refractivity contribution in [2.24, 2.45) is 0 Å². The maximum absolute atomic E-state index is 5.86. The lowest BCUT2D eigenvalue weighted by molar-refractivity contribution is 0.303. The van der Waals surface area contributed by atoms with Crippen molar-refractivity contribution in [3.8, 4) is 5.75 Å². The Hall–Kier alpha value is -1.39. The summed E-state index contributed by atoms with van der Waals surface area (Å²) in [5.41, 5.74) is 3.46. The van der Waals surface area contributed by atoms with Crippen molar-refractivity contribution in [1.29, 1.82) is 0 Å². The summed E-state index contributed by atoms with van der Waals surface area (Å²) in [5.74, 6) is 0.914. The van der Waals surface area contributed by atoms with E-state index in [2.05, 4.69) is 52.2 Å². The van der Waals surface area contributed by atoms with Crippen molar-refractivity contribution >= 4 is 15.9 Å². The summed E-state index contributed by atoms with van der Waals surface area (Å²) >= 11 is 3.41. The number of nitrogens with zero attached hydrogens (tertiary/aromatic N) is 1. The third-order valence-corrected chi connectivity index (χ3v) is 3.72. The summed E-state index contributed by atoms with van der Waals surface area (Å²) in [6.07, 6.45) is 3.58. The Morgan fingerprint density at radius 2 is 2.10 bits per heavy atom. The molecule has 4 heteroatoms. The van der Waals surface area contributed by atoms with Crippen LogP contribution in [0.2, 0.25) is 0 Å². The van der Waals surface area contributed by atoms with Gasteiger partial charge in [-0.2, -0.15) is 0 Å². The van der Waals surface area contributed by atoms with Gasteiger partial charge in [0.05, 0.1) is 0 Å². The minimum Gasteiger partial charge on any atom is -0.489 e. The minimum atomic E-state index is 0.344. The van der Waals surface area contributed by atoms with Crippen LogP contribution in [0, 0.1) is 6.92 Å². The van der Waals surface area contributed by atoms with Gasteiger partial charge in [0.2, 0.25) is 0 Å². The van der Waals surface area contributed by atoms with Gasteiger partial charge in [-0.15, -0.1) is 0 Å². The highest BCUT2D eigenvalue weighted by Crippen LogP contribution is 2.23. The van der Waals surface area contributed by atoms with E-state index >= 15 is 0 Å². The summed E-state index contributed by atoms with van der Waals surface area (Å²) in [6.45, 7) is 4.73. The van der Waals surface area contributed by atoms with Crippen molar-refractivity contribution in [2.75, 3.05) is 7.05 Å². The first kappa shape index (κ1) is 15.0. The van der Waals surface area contributed by atoms with Crippen LogP contribution in [0.1, 0.15) is 29.7 Å². The van der Waals surface area contributed by atoms with Gasteiger partial charge in [-0.25, -0.2) is 0 Å². The second-order valence-corrected chi connectivity index (χ2v) is 5.75. The molecule has 20 heavy (non-hydrogen) atoms. The van der Waals surface area contributed by atoms with Crippen LogP contribution in [-0.4, -0.2) is 12.0 Å². The summed E-state index contributed by atoms with van der Waals surface area (Å²) in [7, 11) is 1.96. The summed E-state index contributed by atoms with van der Waals surface area (Å²) in [6, 6.07) is 8.65. The van der Waals surface area contributed by atoms with Crippen LogP contribution in [-0.2, 0) is 6.61 Å². The number of aryl methyl sites for hydroxylation is 1. The molecule has 1 aromatic carbocycles. The number of halogens is 1. The molecule has 0 spiro atoms. The zero-order valence-electron chi connectivity index (χ0n) is 12.0. The van der Waals surface area contributed by atoms with E-state index in [1.54, 1.807) is 6.20 Å². The quantitative estimate of drug-likeness (QED) is 0.896. The van der Waals surface area contributed by atoms with Gasteiger partial charge in [0, 0.05) is 28.5 Å². The lowest BCUT2D eigenvalue weighted by atomic mass is 10.1. The molecule has 0 aliphatic rings. The highest BCUT2D eigenvalue weighted by molar-refractivity contribution is 9.10. The van der Waals surface area contributed by atoms with Gasteiger partial charge in [-0.05, 0) is 60.1 Å². The first-order valence-electron chi connectivity index (χ1n) is 6.60. The van der Waals surface area contributed by atoms with Gasteiger partial charge >= 0.3 is 0 Å². The molecular formula is C16H19BrN2O. The molecular weight excluding hydrogens is 316 g/mol. The highest BCUT2D eigenvalue weighted by Gasteiger charge is 2.06. The Morgan fingerprint density at radius 1 is 1.30 bits per heavy atom. The molecule has 0 radical (unpaired) electrons. The topological polar surface area (TPSA) is 34.1 Å².